The van der Waals surface area contributed by atoms with E-state index >= 15 is 0 Å². The second kappa shape index (κ2) is 9.46. The molecule has 1 amide bonds. The van der Waals surface area contributed by atoms with Gasteiger partial charge in [0.2, 0.25) is 0 Å². The van der Waals surface area contributed by atoms with Crippen LogP contribution in [0.5, 0.6) is 5.75 Å². The smallest absolute Gasteiger partial charge is 0.277 e. The van der Waals surface area contributed by atoms with Gasteiger partial charge in [-0.1, -0.05) is 60.7 Å². The van der Waals surface area contributed by atoms with Crippen molar-refractivity contribution in [3.63, 3.8) is 0 Å². The molecule has 1 saturated heterocycles. The van der Waals surface area contributed by atoms with Crippen LogP contribution in [0.2, 0.25) is 0 Å². The Morgan fingerprint density at radius 1 is 0.800 bits per heavy atom. The molecule has 0 radical (unpaired) electrons. The van der Waals surface area contributed by atoms with E-state index in [4.69, 9.17) is 0 Å². The van der Waals surface area contributed by atoms with Crippen molar-refractivity contribution < 1.29 is 15.2 Å². The standard InChI is InChI=1S/C25H27N3O2/c29-23-13-11-22(12-14-23)27-15-17-28(18-16-27)24(30)19-26-25(20-7-3-1-4-8-20)21-9-5-2-6-10-21/h1-14,25-26,29H,15-19H2/p+1. The highest BCUT2D eigenvalue weighted by Crippen LogP contribution is 2.20. The van der Waals surface area contributed by atoms with E-state index < -0.39 is 0 Å². The molecule has 4 rings (SSSR count). The van der Waals surface area contributed by atoms with Crippen LogP contribution in [-0.4, -0.2) is 48.6 Å². The molecule has 1 fully saturated rings. The number of carbonyl (C=O) groups excluding carboxylic acids is 1. The first-order chi connectivity index (χ1) is 14.7. The lowest BCUT2D eigenvalue weighted by Crippen LogP contribution is -2.88. The zero-order chi connectivity index (χ0) is 20.8. The Morgan fingerprint density at radius 3 is 1.87 bits per heavy atom. The highest BCUT2D eigenvalue weighted by molar-refractivity contribution is 5.77. The summed E-state index contributed by atoms with van der Waals surface area (Å²) >= 11 is 0. The van der Waals surface area contributed by atoms with E-state index in [2.05, 4.69) is 34.5 Å². The lowest BCUT2D eigenvalue weighted by Gasteiger charge is -2.36. The molecule has 154 valence electrons. The minimum Gasteiger partial charge on any atom is -0.508 e. The summed E-state index contributed by atoms with van der Waals surface area (Å²) in [7, 11) is 0. The number of nitrogens with two attached hydrogens (primary N) is 1. The molecule has 0 atom stereocenters. The molecule has 0 aliphatic carbocycles. The molecule has 5 nitrogen and oxygen atoms in total. The van der Waals surface area contributed by atoms with Crippen LogP contribution >= 0.6 is 0 Å². The Hall–Kier alpha value is -3.31. The van der Waals surface area contributed by atoms with Crippen molar-refractivity contribution in [1.82, 2.24) is 4.90 Å². The summed E-state index contributed by atoms with van der Waals surface area (Å²) in [6, 6.07) is 28.1. The number of nitrogens with zero attached hydrogens (tertiary/aromatic N) is 2. The van der Waals surface area contributed by atoms with Gasteiger partial charge in [0.15, 0.2) is 6.54 Å². The van der Waals surface area contributed by atoms with Gasteiger partial charge in [0.1, 0.15) is 11.8 Å². The number of quaternary nitrogens is 1. The number of piperazine rings is 1. The van der Waals surface area contributed by atoms with Gasteiger partial charge in [0.25, 0.3) is 5.91 Å². The highest BCUT2D eigenvalue weighted by atomic mass is 16.3. The molecule has 0 unspecified atom stereocenters. The monoisotopic (exact) mass is 402 g/mol. The van der Waals surface area contributed by atoms with Gasteiger partial charge in [-0.25, -0.2) is 0 Å². The fraction of sp³-hybridized carbons (Fsp3) is 0.240. The van der Waals surface area contributed by atoms with E-state index in [1.165, 1.54) is 11.1 Å². The van der Waals surface area contributed by atoms with Crippen molar-refractivity contribution in [1.29, 1.82) is 0 Å². The van der Waals surface area contributed by atoms with Gasteiger partial charge in [-0.2, -0.15) is 0 Å². The van der Waals surface area contributed by atoms with E-state index in [1.807, 2.05) is 53.4 Å². The minimum atomic E-state index is 0.106. The SMILES string of the molecule is O=C(C[NH2+]C(c1ccccc1)c1ccccc1)N1CCN(c2ccc(O)cc2)CC1. The first-order valence-electron chi connectivity index (χ1n) is 10.5. The Balaban J connectivity index is 1.36. The van der Waals surface area contributed by atoms with Crippen molar-refractivity contribution in [2.24, 2.45) is 0 Å². The van der Waals surface area contributed by atoms with Gasteiger partial charge in [-0.05, 0) is 24.3 Å². The molecule has 5 heteroatoms. The number of rotatable bonds is 6. The van der Waals surface area contributed by atoms with E-state index in [0.717, 1.165) is 31.9 Å². The van der Waals surface area contributed by atoms with Crippen molar-refractivity contribution in [2.45, 2.75) is 6.04 Å². The summed E-state index contributed by atoms with van der Waals surface area (Å²) in [6.07, 6.45) is 0. The van der Waals surface area contributed by atoms with Gasteiger partial charge in [-0.15, -0.1) is 0 Å². The van der Waals surface area contributed by atoms with Gasteiger partial charge >= 0.3 is 0 Å². The molecule has 3 aromatic rings. The van der Waals surface area contributed by atoms with E-state index in [-0.39, 0.29) is 17.7 Å². The van der Waals surface area contributed by atoms with E-state index in [0.29, 0.717) is 6.54 Å². The van der Waals surface area contributed by atoms with Gasteiger partial charge in [0.05, 0.1) is 0 Å². The number of anilines is 1. The first kappa shape index (κ1) is 20.0. The van der Waals surface area contributed by atoms with Crippen molar-refractivity contribution >= 4 is 11.6 Å². The van der Waals surface area contributed by atoms with Crippen LogP contribution < -0.4 is 10.2 Å². The summed E-state index contributed by atoms with van der Waals surface area (Å²) in [6.45, 7) is 3.46. The molecular weight excluding hydrogens is 374 g/mol. The number of hydrogen-bond donors (Lipinski definition) is 2. The minimum absolute atomic E-state index is 0.106. The van der Waals surface area contributed by atoms with Crippen LogP contribution in [0.4, 0.5) is 5.69 Å². The zero-order valence-electron chi connectivity index (χ0n) is 17.0. The van der Waals surface area contributed by atoms with Crippen LogP contribution in [0, 0.1) is 0 Å². The summed E-state index contributed by atoms with van der Waals surface area (Å²) < 4.78 is 0. The summed E-state index contributed by atoms with van der Waals surface area (Å²) in [5.74, 6) is 0.451. The Kier molecular flexibility index (Phi) is 6.30. The molecule has 1 heterocycles. The molecule has 0 aromatic heterocycles. The molecule has 0 spiro atoms. The molecule has 0 bridgehead atoms. The van der Waals surface area contributed by atoms with Crippen molar-refractivity contribution in [3.05, 3.63) is 96.1 Å². The maximum Gasteiger partial charge on any atom is 0.277 e. The van der Waals surface area contributed by atoms with Crippen LogP contribution in [0.1, 0.15) is 17.2 Å². The number of hydrogen-bond acceptors (Lipinski definition) is 3. The van der Waals surface area contributed by atoms with Crippen LogP contribution in [0.25, 0.3) is 0 Å². The third-order valence-corrected chi connectivity index (χ3v) is 5.69. The molecule has 30 heavy (non-hydrogen) atoms. The van der Waals surface area contributed by atoms with Gasteiger partial charge in [0, 0.05) is 43.0 Å². The third-order valence-electron chi connectivity index (χ3n) is 5.69. The predicted octanol–water partition coefficient (Wildman–Crippen LogP) is 2.39. The van der Waals surface area contributed by atoms with Crippen LogP contribution in [-0.2, 0) is 4.79 Å². The fourth-order valence-corrected chi connectivity index (χ4v) is 4.01. The molecule has 3 N–H and O–H groups in total. The lowest BCUT2D eigenvalue weighted by atomic mass is 9.99. The molecule has 0 saturated carbocycles. The zero-order valence-corrected chi connectivity index (χ0v) is 17.0. The number of aromatic hydroxyl groups is 1. The average Bonchev–Trinajstić information content (AvgIpc) is 2.81. The Bertz CT molecular complexity index is 898. The quantitative estimate of drug-likeness (QED) is 0.666. The van der Waals surface area contributed by atoms with Crippen LogP contribution in [0.15, 0.2) is 84.9 Å². The van der Waals surface area contributed by atoms with Gasteiger partial charge in [-0.3, -0.25) is 4.79 Å². The Morgan fingerprint density at radius 2 is 1.33 bits per heavy atom. The van der Waals surface area contributed by atoms with Crippen molar-refractivity contribution in [2.75, 3.05) is 37.6 Å². The fourth-order valence-electron chi connectivity index (χ4n) is 4.01. The normalized spacial score (nSPS) is 14.2. The predicted molar refractivity (Wildman–Crippen MR) is 118 cm³/mol. The number of benzene rings is 3. The first-order valence-corrected chi connectivity index (χ1v) is 10.5. The molecule has 1 aliphatic heterocycles. The second-order valence-electron chi connectivity index (χ2n) is 7.62. The summed E-state index contributed by atoms with van der Waals surface area (Å²) in [4.78, 5) is 17.1. The maximum atomic E-state index is 12.9. The second-order valence-corrected chi connectivity index (χ2v) is 7.62. The molecule has 3 aromatic carbocycles. The number of phenolic OH excluding ortho intramolecular Hbond substituents is 1. The lowest BCUT2D eigenvalue weighted by molar-refractivity contribution is -0.677. The molecule has 1 aliphatic rings. The number of phenols is 1. The Labute approximate surface area is 177 Å². The van der Waals surface area contributed by atoms with Crippen molar-refractivity contribution in [3.8, 4) is 5.75 Å². The highest BCUT2D eigenvalue weighted by Gasteiger charge is 2.24. The number of amides is 1. The van der Waals surface area contributed by atoms with E-state index in [1.54, 1.807) is 12.1 Å². The number of carbonyl (C=O) groups is 1. The maximum absolute atomic E-state index is 12.9. The third kappa shape index (κ3) is 4.81. The summed E-state index contributed by atoms with van der Waals surface area (Å²) in [5, 5.41) is 11.6. The van der Waals surface area contributed by atoms with E-state index in [9.17, 15) is 9.90 Å². The summed E-state index contributed by atoms with van der Waals surface area (Å²) in [5.41, 5.74) is 3.49. The largest absolute Gasteiger partial charge is 0.508 e. The van der Waals surface area contributed by atoms with Gasteiger partial charge < -0.3 is 20.2 Å². The average molecular weight is 403 g/mol. The molecular formula is C25H28N3O2+. The van der Waals surface area contributed by atoms with Crippen LogP contribution in [0.3, 0.4) is 0 Å². The topological polar surface area (TPSA) is 60.4 Å².